The Bertz CT molecular complexity index is 1030. The van der Waals surface area contributed by atoms with Gasteiger partial charge in [0, 0.05) is 44.4 Å². The molecule has 0 radical (unpaired) electrons. The topological polar surface area (TPSA) is 64.3 Å². The molecule has 9 heteroatoms. The lowest BCUT2D eigenvalue weighted by Crippen LogP contribution is -2.42. The SMILES string of the molecule is O=C1CCC(n2ccn(-c3ccc4c(c3)CCN(C(=O)C(F)(F)F)CC4)c2=O)CC1. The fraction of sp³-hybridized carbons (Fsp3) is 0.476. The highest BCUT2D eigenvalue weighted by molar-refractivity contribution is 5.82. The van der Waals surface area contributed by atoms with Gasteiger partial charge in [0.25, 0.3) is 0 Å². The average Bonchev–Trinajstić information content (AvgIpc) is 2.96. The highest BCUT2D eigenvalue weighted by Gasteiger charge is 2.42. The zero-order valence-corrected chi connectivity index (χ0v) is 16.3. The largest absolute Gasteiger partial charge is 0.471 e. The van der Waals surface area contributed by atoms with Gasteiger partial charge in [0.1, 0.15) is 5.78 Å². The summed E-state index contributed by atoms with van der Waals surface area (Å²) in [6.45, 7) is 0.00221. The summed E-state index contributed by atoms with van der Waals surface area (Å²) in [5, 5.41) is 0. The fourth-order valence-corrected chi connectivity index (χ4v) is 4.31. The summed E-state index contributed by atoms with van der Waals surface area (Å²) >= 11 is 0. The van der Waals surface area contributed by atoms with Crippen molar-refractivity contribution in [2.45, 2.75) is 50.7 Å². The van der Waals surface area contributed by atoms with E-state index in [1.165, 1.54) is 4.57 Å². The van der Waals surface area contributed by atoms with E-state index in [1.54, 1.807) is 23.0 Å². The van der Waals surface area contributed by atoms with Gasteiger partial charge < -0.3 is 4.90 Å². The van der Waals surface area contributed by atoms with Crippen LogP contribution in [0.5, 0.6) is 0 Å². The van der Waals surface area contributed by atoms with E-state index in [0.717, 1.165) is 16.0 Å². The minimum absolute atomic E-state index is 0.000726. The van der Waals surface area contributed by atoms with E-state index in [-0.39, 0.29) is 30.6 Å². The summed E-state index contributed by atoms with van der Waals surface area (Å²) in [6.07, 6.45) is 1.42. The lowest BCUT2D eigenvalue weighted by Gasteiger charge is -2.21. The van der Waals surface area contributed by atoms with Gasteiger partial charge in [-0.1, -0.05) is 6.07 Å². The van der Waals surface area contributed by atoms with Crippen LogP contribution in [0.25, 0.3) is 5.69 Å². The van der Waals surface area contributed by atoms with Crippen LogP contribution in [0.1, 0.15) is 42.9 Å². The van der Waals surface area contributed by atoms with E-state index < -0.39 is 12.1 Å². The Labute approximate surface area is 170 Å². The molecule has 1 aromatic carbocycles. The highest BCUT2D eigenvalue weighted by atomic mass is 19.4. The van der Waals surface area contributed by atoms with Crippen LogP contribution in [0.3, 0.4) is 0 Å². The van der Waals surface area contributed by atoms with Crippen molar-refractivity contribution in [3.63, 3.8) is 0 Å². The predicted octanol–water partition coefficient (Wildman–Crippen LogP) is 2.81. The molecule has 1 aromatic heterocycles. The van der Waals surface area contributed by atoms with Crippen molar-refractivity contribution in [2.75, 3.05) is 13.1 Å². The summed E-state index contributed by atoms with van der Waals surface area (Å²) in [7, 11) is 0. The molecule has 1 aliphatic heterocycles. The summed E-state index contributed by atoms with van der Waals surface area (Å²) in [5.41, 5.74) is 2.17. The minimum atomic E-state index is -4.87. The summed E-state index contributed by atoms with van der Waals surface area (Å²) < 4.78 is 41.4. The molecular weight excluding hydrogens is 399 g/mol. The second kappa shape index (κ2) is 7.77. The number of aromatic nitrogens is 2. The van der Waals surface area contributed by atoms with Crippen molar-refractivity contribution in [3.05, 3.63) is 52.2 Å². The first kappa shape index (κ1) is 20.4. The molecule has 1 amide bonds. The Morgan fingerprint density at radius 3 is 2.27 bits per heavy atom. The Hall–Kier alpha value is -2.84. The number of ketones is 1. The van der Waals surface area contributed by atoms with Gasteiger partial charge in [-0.05, 0) is 48.9 Å². The van der Waals surface area contributed by atoms with Crippen molar-refractivity contribution in [1.29, 1.82) is 0 Å². The number of fused-ring (bicyclic) bond motifs is 1. The van der Waals surface area contributed by atoms with Crippen LogP contribution in [0, 0.1) is 0 Å². The van der Waals surface area contributed by atoms with E-state index in [4.69, 9.17) is 0 Å². The zero-order valence-electron chi connectivity index (χ0n) is 16.3. The van der Waals surface area contributed by atoms with Gasteiger partial charge in [0.05, 0.1) is 5.69 Å². The number of hydrogen-bond donors (Lipinski definition) is 0. The van der Waals surface area contributed by atoms with Crippen molar-refractivity contribution >= 4 is 11.7 Å². The molecule has 160 valence electrons. The Kier molecular flexibility index (Phi) is 5.29. The number of alkyl halides is 3. The molecule has 4 rings (SSSR count). The first-order chi connectivity index (χ1) is 14.2. The van der Waals surface area contributed by atoms with E-state index in [0.29, 0.717) is 44.2 Å². The summed E-state index contributed by atoms with van der Waals surface area (Å²) in [4.78, 5) is 36.8. The van der Waals surface area contributed by atoms with Crippen LogP contribution in [-0.2, 0) is 22.4 Å². The van der Waals surface area contributed by atoms with E-state index in [1.807, 2.05) is 12.1 Å². The molecule has 0 bridgehead atoms. The van der Waals surface area contributed by atoms with Gasteiger partial charge in [-0.25, -0.2) is 4.79 Å². The van der Waals surface area contributed by atoms with Crippen molar-refractivity contribution < 1.29 is 22.8 Å². The molecular formula is C21H22F3N3O3. The van der Waals surface area contributed by atoms with Crippen LogP contribution in [0.15, 0.2) is 35.4 Å². The van der Waals surface area contributed by atoms with Crippen LogP contribution >= 0.6 is 0 Å². The van der Waals surface area contributed by atoms with Gasteiger partial charge in [-0.15, -0.1) is 0 Å². The maximum atomic E-state index is 12.9. The molecule has 0 atom stereocenters. The second-order valence-corrected chi connectivity index (χ2v) is 7.87. The highest BCUT2D eigenvalue weighted by Crippen LogP contribution is 2.26. The molecule has 1 fully saturated rings. The lowest BCUT2D eigenvalue weighted by molar-refractivity contribution is -0.185. The lowest BCUT2D eigenvalue weighted by atomic mass is 9.94. The number of rotatable bonds is 2. The average molecular weight is 421 g/mol. The van der Waals surface area contributed by atoms with E-state index >= 15 is 0 Å². The van der Waals surface area contributed by atoms with Crippen LogP contribution < -0.4 is 5.69 Å². The van der Waals surface area contributed by atoms with Gasteiger partial charge >= 0.3 is 17.8 Å². The van der Waals surface area contributed by atoms with E-state index in [2.05, 4.69) is 0 Å². The number of nitrogens with zero attached hydrogens (tertiary/aromatic N) is 3. The predicted molar refractivity (Wildman–Crippen MR) is 103 cm³/mol. The first-order valence-corrected chi connectivity index (χ1v) is 10.0. The molecule has 0 saturated heterocycles. The number of amides is 1. The number of carbonyl (C=O) groups is 2. The number of Topliss-reactive ketones (excluding diaryl/α,β-unsaturated/α-hetero) is 1. The molecule has 0 spiro atoms. The van der Waals surface area contributed by atoms with Crippen LogP contribution in [-0.4, -0.2) is 45.0 Å². The fourth-order valence-electron chi connectivity index (χ4n) is 4.31. The standard InChI is InChI=1S/C21H22F3N3O3/c22-21(23,24)19(29)25-9-7-14-1-2-17(13-15(14)8-10-25)27-12-11-26(20(27)30)16-3-5-18(28)6-4-16/h1-2,11-13,16H,3-10H2. The van der Waals surface area contributed by atoms with Crippen molar-refractivity contribution in [1.82, 2.24) is 14.0 Å². The quantitative estimate of drug-likeness (QED) is 0.749. The minimum Gasteiger partial charge on any atom is -0.334 e. The number of carbonyl (C=O) groups excluding carboxylic acids is 2. The molecule has 6 nitrogen and oxygen atoms in total. The number of hydrogen-bond acceptors (Lipinski definition) is 3. The molecule has 0 N–H and O–H groups in total. The van der Waals surface area contributed by atoms with Crippen LogP contribution in [0.4, 0.5) is 13.2 Å². The third kappa shape index (κ3) is 3.93. The summed E-state index contributed by atoms with van der Waals surface area (Å²) in [5.74, 6) is -1.59. The monoisotopic (exact) mass is 421 g/mol. The van der Waals surface area contributed by atoms with E-state index in [9.17, 15) is 27.6 Å². The Morgan fingerprint density at radius 1 is 0.933 bits per heavy atom. The molecule has 1 aliphatic carbocycles. The molecule has 2 aromatic rings. The molecule has 0 unspecified atom stereocenters. The smallest absolute Gasteiger partial charge is 0.334 e. The normalized spacial score (nSPS) is 18.2. The number of imidazole rings is 1. The van der Waals surface area contributed by atoms with Crippen molar-refractivity contribution in [2.24, 2.45) is 0 Å². The third-order valence-electron chi connectivity index (χ3n) is 6.01. The van der Waals surface area contributed by atoms with Gasteiger partial charge in [-0.2, -0.15) is 13.2 Å². The first-order valence-electron chi connectivity index (χ1n) is 10.0. The summed E-state index contributed by atoms with van der Waals surface area (Å²) in [6, 6.07) is 5.40. The molecule has 1 saturated carbocycles. The van der Waals surface area contributed by atoms with Crippen LogP contribution in [0.2, 0.25) is 0 Å². The second-order valence-electron chi connectivity index (χ2n) is 7.87. The maximum Gasteiger partial charge on any atom is 0.471 e. The Morgan fingerprint density at radius 2 is 1.60 bits per heavy atom. The molecule has 30 heavy (non-hydrogen) atoms. The number of halogens is 3. The Balaban J connectivity index is 1.55. The number of benzene rings is 1. The molecule has 2 aliphatic rings. The maximum absolute atomic E-state index is 12.9. The van der Waals surface area contributed by atoms with Gasteiger partial charge in [0.15, 0.2) is 0 Å². The van der Waals surface area contributed by atoms with Gasteiger partial charge in [-0.3, -0.25) is 18.7 Å². The zero-order chi connectivity index (χ0) is 21.5. The van der Waals surface area contributed by atoms with Gasteiger partial charge in [0.2, 0.25) is 0 Å². The third-order valence-corrected chi connectivity index (χ3v) is 6.01. The van der Waals surface area contributed by atoms with Crippen molar-refractivity contribution in [3.8, 4) is 5.69 Å². The molecule has 2 heterocycles.